The third-order valence-corrected chi connectivity index (χ3v) is 8.71. The number of nitrogens with zero attached hydrogens (tertiary/aromatic N) is 1. The van der Waals surface area contributed by atoms with Crippen molar-refractivity contribution in [2.24, 2.45) is 0 Å². The highest BCUT2D eigenvalue weighted by atomic mass is 28.4. The van der Waals surface area contributed by atoms with E-state index in [4.69, 9.17) is 13.9 Å². The summed E-state index contributed by atoms with van der Waals surface area (Å²) in [5.74, 6) is -0.540. The summed E-state index contributed by atoms with van der Waals surface area (Å²) in [7, 11) is 0.727. The molecular formula is C18H35NO5Si. The Kier molecular flexibility index (Phi) is 7.91. The van der Waals surface area contributed by atoms with E-state index in [0.29, 0.717) is 0 Å². The molecule has 0 spiro atoms. The lowest BCUT2D eigenvalue weighted by atomic mass is 10.1. The van der Waals surface area contributed by atoms with Crippen molar-refractivity contribution in [2.45, 2.75) is 71.4 Å². The molecular weight excluding hydrogens is 338 g/mol. The van der Waals surface area contributed by atoms with Crippen LogP contribution in [0.25, 0.3) is 0 Å². The molecule has 25 heavy (non-hydrogen) atoms. The van der Waals surface area contributed by atoms with Crippen LogP contribution in [0.4, 0.5) is 4.79 Å². The van der Waals surface area contributed by atoms with Gasteiger partial charge >= 0.3 is 12.1 Å². The smallest absolute Gasteiger partial charge is 0.410 e. The topological polar surface area (TPSA) is 65.1 Å². The van der Waals surface area contributed by atoms with E-state index >= 15 is 0 Å². The Bertz CT molecular complexity index is 503. The zero-order valence-electron chi connectivity index (χ0n) is 17.5. The minimum atomic E-state index is -2.19. The van der Waals surface area contributed by atoms with Gasteiger partial charge in [0.25, 0.3) is 0 Å². The number of hydrogen-bond acceptors (Lipinski definition) is 5. The Morgan fingerprint density at radius 1 is 1.12 bits per heavy atom. The fraction of sp³-hybridized carbons (Fsp3) is 0.778. The van der Waals surface area contributed by atoms with Gasteiger partial charge in [-0.1, -0.05) is 27.4 Å². The lowest BCUT2D eigenvalue weighted by Gasteiger charge is -2.40. The van der Waals surface area contributed by atoms with Crippen molar-refractivity contribution in [3.63, 3.8) is 0 Å². The number of carbonyl (C=O) groups excluding carboxylic acids is 2. The molecule has 1 atom stereocenters. The molecule has 1 unspecified atom stereocenters. The van der Waals surface area contributed by atoms with Gasteiger partial charge in [-0.15, -0.1) is 0 Å². The van der Waals surface area contributed by atoms with Crippen LogP contribution in [0.3, 0.4) is 0 Å². The number of amides is 1. The van der Waals surface area contributed by atoms with Gasteiger partial charge in [-0.25, -0.2) is 9.59 Å². The summed E-state index contributed by atoms with van der Waals surface area (Å²) in [6.07, 6.45) is -1.13. The Hall–Kier alpha value is -1.34. The van der Waals surface area contributed by atoms with Crippen LogP contribution in [-0.4, -0.2) is 57.7 Å². The van der Waals surface area contributed by atoms with E-state index in [1.807, 2.05) is 0 Å². The van der Waals surface area contributed by atoms with Gasteiger partial charge in [0.05, 0.1) is 25.3 Å². The lowest BCUT2D eigenvalue weighted by molar-refractivity contribution is -0.137. The molecule has 0 saturated heterocycles. The summed E-state index contributed by atoms with van der Waals surface area (Å²) >= 11 is 0. The maximum absolute atomic E-state index is 12.2. The van der Waals surface area contributed by atoms with E-state index in [2.05, 4.69) is 40.4 Å². The molecule has 0 aliphatic carbocycles. The Morgan fingerprint density at radius 2 is 1.60 bits per heavy atom. The molecule has 0 aromatic rings. The zero-order chi connectivity index (χ0) is 20.2. The number of carbonyl (C=O) groups is 2. The van der Waals surface area contributed by atoms with E-state index in [0.717, 1.165) is 0 Å². The van der Waals surface area contributed by atoms with Crippen molar-refractivity contribution in [1.82, 2.24) is 4.90 Å². The van der Waals surface area contributed by atoms with Gasteiger partial charge in [-0.3, -0.25) is 0 Å². The van der Waals surface area contributed by atoms with Gasteiger partial charge < -0.3 is 18.8 Å². The molecule has 1 amide bonds. The first-order valence-corrected chi connectivity index (χ1v) is 11.3. The molecule has 0 saturated carbocycles. The maximum Gasteiger partial charge on any atom is 0.410 e. The molecule has 0 aromatic carbocycles. The molecule has 0 N–H and O–H groups in total. The molecule has 0 heterocycles. The monoisotopic (exact) mass is 373 g/mol. The Balaban J connectivity index is 5.38. The molecule has 146 valence electrons. The van der Waals surface area contributed by atoms with Gasteiger partial charge in [0, 0.05) is 7.05 Å². The fourth-order valence-corrected chi connectivity index (χ4v) is 2.96. The van der Waals surface area contributed by atoms with Crippen molar-refractivity contribution >= 4 is 20.4 Å². The molecule has 0 rings (SSSR count). The quantitative estimate of drug-likeness (QED) is 0.400. The maximum atomic E-state index is 12.2. The normalized spacial score (nSPS) is 13.8. The van der Waals surface area contributed by atoms with Gasteiger partial charge in [0.15, 0.2) is 8.32 Å². The number of likely N-dealkylation sites (N-methyl/N-ethyl adjacent to an activating group) is 1. The summed E-state index contributed by atoms with van der Waals surface area (Å²) in [4.78, 5) is 25.6. The standard InChI is InChI=1S/C18H35NO5Si/c1-13(15(20)22-9)14(24-25(10,11)18(5,6)7)12-19(8)16(21)23-17(2,3)4/h14H,1,12H2,2-11H3. The lowest BCUT2D eigenvalue weighted by Crippen LogP contribution is -2.49. The third-order valence-electron chi connectivity index (χ3n) is 4.22. The second-order valence-electron chi connectivity index (χ2n) is 8.74. The van der Waals surface area contributed by atoms with Gasteiger partial charge in [0.1, 0.15) is 5.60 Å². The highest BCUT2D eigenvalue weighted by Crippen LogP contribution is 2.38. The van der Waals surface area contributed by atoms with Crippen molar-refractivity contribution in [3.05, 3.63) is 12.2 Å². The average molecular weight is 374 g/mol. The average Bonchev–Trinajstić information content (AvgIpc) is 2.41. The third kappa shape index (κ3) is 7.60. The fourth-order valence-electron chi connectivity index (χ4n) is 1.68. The van der Waals surface area contributed by atoms with Gasteiger partial charge in [-0.05, 0) is 38.9 Å². The van der Waals surface area contributed by atoms with Crippen molar-refractivity contribution in [1.29, 1.82) is 0 Å². The van der Waals surface area contributed by atoms with Crippen LogP contribution in [0.2, 0.25) is 18.1 Å². The molecule has 7 heteroatoms. The first kappa shape index (κ1) is 23.7. The molecule has 0 radical (unpaired) electrons. The zero-order valence-corrected chi connectivity index (χ0v) is 18.5. The largest absolute Gasteiger partial charge is 0.466 e. The first-order chi connectivity index (χ1) is 11.0. The van der Waals surface area contributed by atoms with Crippen LogP contribution in [0.5, 0.6) is 0 Å². The summed E-state index contributed by atoms with van der Waals surface area (Å²) in [6.45, 7) is 19.9. The van der Waals surface area contributed by atoms with E-state index in [1.165, 1.54) is 12.0 Å². The number of methoxy groups -OCH3 is 1. The highest BCUT2D eigenvalue weighted by Gasteiger charge is 2.41. The van der Waals surface area contributed by atoms with Crippen molar-refractivity contribution in [2.75, 3.05) is 20.7 Å². The number of rotatable bonds is 6. The minimum Gasteiger partial charge on any atom is -0.466 e. The van der Waals surface area contributed by atoms with Crippen LogP contribution in [0, 0.1) is 0 Å². The second kappa shape index (κ2) is 8.36. The molecule has 0 fully saturated rings. The molecule has 0 aliphatic heterocycles. The predicted molar refractivity (Wildman–Crippen MR) is 102 cm³/mol. The predicted octanol–water partition coefficient (Wildman–Crippen LogP) is 3.97. The van der Waals surface area contributed by atoms with Crippen LogP contribution in [-0.2, 0) is 18.7 Å². The van der Waals surface area contributed by atoms with E-state index < -0.39 is 32.1 Å². The second-order valence-corrected chi connectivity index (χ2v) is 13.5. The Morgan fingerprint density at radius 3 is 1.96 bits per heavy atom. The summed E-state index contributed by atoms with van der Waals surface area (Å²) in [5, 5.41) is -0.0495. The van der Waals surface area contributed by atoms with Gasteiger partial charge in [0.2, 0.25) is 0 Å². The molecule has 6 nitrogen and oxygen atoms in total. The molecule has 0 aromatic heterocycles. The van der Waals surface area contributed by atoms with Crippen LogP contribution >= 0.6 is 0 Å². The van der Waals surface area contributed by atoms with Crippen molar-refractivity contribution in [3.8, 4) is 0 Å². The molecule has 0 bridgehead atoms. The first-order valence-electron chi connectivity index (χ1n) is 8.41. The Labute approximate surface area is 153 Å². The van der Waals surface area contributed by atoms with Crippen molar-refractivity contribution < 1.29 is 23.5 Å². The van der Waals surface area contributed by atoms with E-state index in [-0.39, 0.29) is 17.2 Å². The highest BCUT2D eigenvalue weighted by molar-refractivity contribution is 6.74. The van der Waals surface area contributed by atoms with E-state index in [1.54, 1.807) is 27.8 Å². The number of hydrogen-bond donors (Lipinski definition) is 0. The minimum absolute atomic E-state index is 0.0495. The van der Waals surface area contributed by atoms with Gasteiger partial charge in [-0.2, -0.15) is 0 Å². The summed E-state index contributed by atoms with van der Waals surface area (Å²) < 4.78 is 16.5. The number of esters is 1. The van der Waals surface area contributed by atoms with E-state index in [9.17, 15) is 9.59 Å². The van der Waals surface area contributed by atoms with Crippen LogP contribution in [0.15, 0.2) is 12.2 Å². The molecule has 0 aliphatic rings. The summed E-state index contributed by atoms with van der Waals surface area (Å²) in [5.41, 5.74) is -0.400. The van der Waals surface area contributed by atoms with Crippen LogP contribution in [0.1, 0.15) is 41.5 Å². The summed E-state index contributed by atoms with van der Waals surface area (Å²) in [6, 6.07) is 0. The van der Waals surface area contributed by atoms with Crippen LogP contribution < -0.4 is 0 Å². The number of ether oxygens (including phenoxy) is 2. The SMILES string of the molecule is C=C(C(=O)OC)C(CN(C)C(=O)OC(C)(C)C)O[Si](C)(C)C(C)(C)C.